The van der Waals surface area contributed by atoms with E-state index in [1.165, 1.54) is 12.8 Å². The predicted molar refractivity (Wildman–Crippen MR) is 67.7 cm³/mol. The zero-order valence-electron chi connectivity index (χ0n) is 10.4. The number of aromatic nitrogens is 1. The summed E-state index contributed by atoms with van der Waals surface area (Å²) in [5.41, 5.74) is 6.48. The Bertz CT molecular complexity index is 386. The molecule has 1 fully saturated rings. The van der Waals surface area contributed by atoms with Gasteiger partial charge in [0.05, 0.1) is 0 Å². The van der Waals surface area contributed by atoms with Crippen LogP contribution in [0, 0.1) is 5.92 Å². The van der Waals surface area contributed by atoms with E-state index in [0.29, 0.717) is 18.2 Å². The molecular formula is C13H21N3O. The van der Waals surface area contributed by atoms with Crippen molar-refractivity contribution in [2.24, 2.45) is 18.7 Å². The van der Waals surface area contributed by atoms with Gasteiger partial charge in [-0.3, -0.25) is 4.79 Å². The summed E-state index contributed by atoms with van der Waals surface area (Å²) >= 11 is 0. The molecule has 1 heterocycles. The summed E-state index contributed by atoms with van der Waals surface area (Å²) < 4.78 is 1.84. The van der Waals surface area contributed by atoms with Crippen LogP contribution in [0.5, 0.6) is 0 Å². The van der Waals surface area contributed by atoms with E-state index in [0.717, 1.165) is 12.8 Å². The van der Waals surface area contributed by atoms with Crippen molar-refractivity contribution in [2.45, 2.75) is 31.7 Å². The lowest BCUT2D eigenvalue weighted by Gasteiger charge is -2.31. The lowest BCUT2D eigenvalue weighted by molar-refractivity contribution is 0.0900. The molecule has 94 valence electrons. The second-order valence-corrected chi connectivity index (χ2v) is 4.86. The van der Waals surface area contributed by atoms with Gasteiger partial charge in [0.25, 0.3) is 5.91 Å². The van der Waals surface area contributed by atoms with E-state index < -0.39 is 0 Å². The number of aryl methyl sites for hydroxylation is 1. The molecule has 2 unspecified atom stereocenters. The Morgan fingerprint density at radius 1 is 1.53 bits per heavy atom. The maximum atomic E-state index is 12.1. The zero-order chi connectivity index (χ0) is 12.3. The van der Waals surface area contributed by atoms with Gasteiger partial charge in [0, 0.05) is 19.3 Å². The van der Waals surface area contributed by atoms with Crippen molar-refractivity contribution in [3.63, 3.8) is 0 Å². The number of carbonyl (C=O) groups excluding carboxylic acids is 1. The van der Waals surface area contributed by atoms with Gasteiger partial charge in [-0.05, 0) is 37.4 Å². The average molecular weight is 235 g/mol. The molecule has 1 aromatic heterocycles. The Labute approximate surface area is 102 Å². The molecule has 0 saturated heterocycles. The van der Waals surface area contributed by atoms with Gasteiger partial charge in [-0.2, -0.15) is 0 Å². The van der Waals surface area contributed by atoms with Gasteiger partial charge in [0.1, 0.15) is 5.69 Å². The first-order valence-corrected chi connectivity index (χ1v) is 6.34. The van der Waals surface area contributed by atoms with Gasteiger partial charge >= 0.3 is 0 Å². The lowest BCUT2D eigenvalue weighted by atomic mass is 9.84. The monoisotopic (exact) mass is 235 g/mol. The maximum absolute atomic E-state index is 12.1. The highest BCUT2D eigenvalue weighted by Gasteiger charge is 2.26. The fraction of sp³-hybridized carbons (Fsp3) is 0.615. The van der Waals surface area contributed by atoms with E-state index in [1.54, 1.807) is 0 Å². The molecule has 0 spiro atoms. The van der Waals surface area contributed by atoms with Gasteiger partial charge in [-0.25, -0.2) is 0 Å². The number of hydrogen-bond acceptors (Lipinski definition) is 2. The average Bonchev–Trinajstić information content (AvgIpc) is 2.76. The number of hydrogen-bond donors (Lipinski definition) is 2. The molecule has 1 aliphatic rings. The second kappa shape index (κ2) is 5.36. The van der Waals surface area contributed by atoms with Gasteiger partial charge in [0.2, 0.25) is 0 Å². The van der Waals surface area contributed by atoms with Gasteiger partial charge in [-0.15, -0.1) is 0 Å². The fourth-order valence-electron chi connectivity index (χ4n) is 2.62. The first kappa shape index (κ1) is 12.2. The van der Waals surface area contributed by atoms with Crippen molar-refractivity contribution in [3.05, 3.63) is 24.0 Å². The summed E-state index contributed by atoms with van der Waals surface area (Å²) in [6, 6.07) is 3.97. The second-order valence-electron chi connectivity index (χ2n) is 4.86. The van der Waals surface area contributed by atoms with E-state index >= 15 is 0 Å². The molecular weight excluding hydrogens is 214 g/mol. The smallest absolute Gasteiger partial charge is 0.268 e. The highest BCUT2D eigenvalue weighted by atomic mass is 16.2. The van der Waals surface area contributed by atoms with Crippen LogP contribution >= 0.6 is 0 Å². The summed E-state index contributed by atoms with van der Waals surface area (Å²) in [6.07, 6.45) is 6.50. The van der Waals surface area contributed by atoms with Gasteiger partial charge < -0.3 is 15.6 Å². The van der Waals surface area contributed by atoms with E-state index in [9.17, 15) is 4.79 Å². The van der Waals surface area contributed by atoms with E-state index in [-0.39, 0.29) is 11.9 Å². The zero-order valence-corrected chi connectivity index (χ0v) is 10.4. The summed E-state index contributed by atoms with van der Waals surface area (Å²) in [5, 5.41) is 3.12. The van der Waals surface area contributed by atoms with Crippen molar-refractivity contribution < 1.29 is 4.79 Å². The standard InChI is InChI=1S/C13H21N3O/c1-16-8-4-7-12(16)13(17)15-11-6-3-2-5-10(11)9-14/h4,7-8,10-11H,2-3,5-6,9,14H2,1H3,(H,15,17). The third-order valence-corrected chi connectivity index (χ3v) is 3.70. The van der Waals surface area contributed by atoms with Crippen molar-refractivity contribution in [1.29, 1.82) is 0 Å². The van der Waals surface area contributed by atoms with Crippen molar-refractivity contribution in [2.75, 3.05) is 6.54 Å². The minimum absolute atomic E-state index is 0.0165. The molecule has 1 aliphatic carbocycles. The summed E-state index contributed by atoms with van der Waals surface area (Å²) in [6.45, 7) is 0.665. The van der Waals surface area contributed by atoms with E-state index in [1.807, 2.05) is 29.9 Å². The van der Waals surface area contributed by atoms with Gasteiger partial charge in [0.15, 0.2) is 0 Å². The van der Waals surface area contributed by atoms with Crippen molar-refractivity contribution in [1.82, 2.24) is 9.88 Å². The topological polar surface area (TPSA) is 60.0 Å². The summed E-state index contributed by atoms with van der Waals surface area (Å²) in [4.78, 5) is 12.1. The molecule has 2 atom stereocenters. The van der Waals surface area contributed by atoms with Crippen LogP contribution in [0.1, 0.15) is 36.2 Å². The molecule has 4 nitrogen and oxygen atoms in total. The van der Waals surface area contributed by atoms with Gasteiger partial charge in [-0.1, -0.05) is 12.8 Å². The molecule has 0 aromatic carbocycles. The van der Waals surface area contributed by atoms with Crippen molar-refractivity contribution >= 4 is 5.91 Å². The molecule has 1 amide bonds. The number of nitrogens with two attached hydrogens (primary N) is 1. The minimum Gasteiger partial charge on any atom is -0.348 e. The quantitative estimate of drug-likeness (QED) is 0.829. The normalized spacial score (nSPS) is 24.6. The molecule has 0 radical (unpaired) electrons. The molecule has 4 heteroatoms. The first-order valence-electron chi connectivity index (χ1n) is 6.34. The number of nitrogens with one attached hydrogen (secondary N) is 1. The Hall–Kier alpha value is -1.29. The van der Waals surface area contributed by atoms with Crippen LogP contribution in [-0.4, -0.2) is 23.1 Å². The van der Waals surface area contributed by atoms with Crippen LogP contribution < -0.4 is 11.1 Å². The molecule has 0 aliphatic heterocycles. The molecule has 2 rings (SSSR count). The van der Waals surface area contributed by atoms with Crippen LogP contribution in [0.2, 0.25) is 0 Å². The molecule has 0 bridgehead atoms. The predicted octanol–water partition coefficient (Wildman–Crippen LogP) is 1.27. The molecule has 17 heavy (non-hydrogen) atoms. The van der Waals surface area contributed by atoms with E-state index in [4.69, 9.17) is 5.73 Å². The fourth-order valence-corrected chi connectivity index (χ4v) is 2.62. The van der Waals surface area contributed by atoms with Crippen LogP contribution in [0.15, 0.2) is 18.3 Å². The minimum atomic E-state index is 0.0165. The highest BCUT2D eigenvalue weighted by Crippen LogP contribution is 2.23. The summed E-state index contributed by atoms with van der Waals surface area (Å²) in [5.74, 6) is 0.454. The number of rotatable bonds is 3. The number of amides is 1. The SMILES string of the molecule is Cn1cccc1C(=O)NC1CCCCC1CN. The van der Waals surface area contributed by atoms with Crippen LogP contribution in [0.25, 0.3) is 0 Å². The highest BCUT2D eigenvalue weighted by molar-refractivity contribution is 5.92. The Morgan fingerprint density at radius 3 is 2.94 bits per heavy atom. The molecule has 1 saturated carbocycles. The Kier molecular flexibility index (Phi) is 3.84. The molecule has 1 aromatic rings. The Balaban J connectivity index is 2.00. The first-order chi connectivity index (χ1) is 8.22. The van der Waals surface area contributed by atoms with Crippen molar-refractivity contribution in [3.8, 4) is 0 Å². The third-order valence-electron chi connectivity index (χ3n) is 3.70. The third kappa shape index (κ3) is 2.69. The van der Waals surface area contributed by atoms with Crippen LogP contribution in [0.4, 0.5) is 0 Å². The van der Waals surface area contributed by atoms with E-state index in [2.05, 4.69) is 5.32 Å². The largest absolute Gasteiger partial charge is 0.348 e. The summed E-state index contributed by atoms with van der Waals surface area (Å²) in [7, 11) is 1.89. The number of nitrogens with zero attached hydrogens (tertiary/aromatic N) is 1. The maximum Gasteiger partial charge on any atom is 0.268 e. The van der Waals surface area contributed by atoms with Crippen LogP contribution in [0.3, 0.4) is 0 Å². The number of carbonyl (C=O) groups is 1. The molecule has 3 N–H and O–H groups in total. The Morgan fingerprint density at radius 2 is 2.29 bits per heavy atom. The van der Waals surface area contributed by atoms with Crippen LogP contribution in [-0.2, 0) is 7.05 Å². The lowest BCUT2D eigenvalue weighted by Crippen LogP contribution is -2.45.